The molecule has 70 valence electrons. The molecule has 0 spiro atoms. The third-order valence-corrected chi connectivity index (χ3v) is 4.03. The number of aliphatic imine (C=N–C) groups is 1. The van der Waals surface area contributed by atoms with E-state index in [0.717, 1.165) is 18.8 Å². The Balaban J connectivity index is 2.38. The van der Waals surface area contributed by atoms with E-state index in [1.165, 1.54) is 19.3 Å². The standard InChI is InChI=1S/C9H18N2S/c1-3-8(10)11-7-9(12-2)5-4-6-9/h3-7H2,1-2H3,(H2,10,11). The summed E-state index contributed by atoms with van der Waals surface area (Å²) in [5.74, 6) is 0.801. The first-order valence-electron chi connectivity index (χ1n) is 4.56. The van der Waals surface area contributed by atoms with Gasteiger partial charge in [-0.05, 0) is 19.1 Å². The monoisotopic (exact) mass is 186 g/mol. The van der Waals surface area contributed by atoms with Gasteiger partial charge in [-0.2, -0.15) is 11.8 Å². The van der Waals surface area contributed by atoms with Crippen molar-refractivity contribution in [2.24, 2.45) is 10.7 Å². The Morgan fingerprint density at radius 2 is 2.25 bits per heavy atom. The molecule has 0 amide bonds. The van der Waals surface area contributed by atoms with Gasteiger partial charge in [0.2, 0.25) is 0 Å². The number of rotatable bonds is 4. The molecule has 0 atom stereocenters. The minimum absolute atomic E-state index is 0.444. The van der Waals surface area contributed by atoms with E-state index in [-0.39, 0.29) is 0 Å². The molecule has 2 N–H and O–H groups in total. The fourth-order valence-electron chi connectivity index (χ4n) is 1.36. The number of amidine groups is 1. The van der Waals surface area contributed by atoms with Gasteiger partial charge in [0.15, 0.2) is 0 Å². The minimum atomic E-state index is 0.444. The Bertz CT molecular complexity index is 168. The van der Waals surface area contributed by atoms with E-state index in [1.807, 2.05) is 18.7 Å². The van der Waals surface area contributed by atoms with Crippen LogP contribution in [0, 0.1) is 0 Å². The summed E-state index contributed by atoms with van der Waals surface area (Å²) in [6.45, 7) is 2.97. The van der Waals surface area contributed by atoms with Crippen molar-refractivity contribution in [1.82, 2.24) is 0 Å². The van der Waals surface area contributed by atoms with Gasteiger partial charge in [0.1, 0.15) is 0 Å². The van der Waals surface area contributed by atoms with Crippen molar-refractivity contribution in [3.05, 3.63) is 0 Å². The molecular weight excluding hydrogens is 168 g/mol. The fraction of sp³-hybridized carbons (Fsp3) is 0.889. The molecule has 0 aromatic rings. The molecule has 1 rings (SSSR count). The Kier molecular flexibility index (Phi) is 3.44. The van der Waals surface area contributed by atoms with Crippen molar-refractivity contribution in [1.29, 1.82) is 0 Å². The first-order chi connectivity index (χ1) is 5.72. The Labute approximate surface area is 79.0 Å². The SMILES string of the molecule is CCC(N)=NCC1(SC)CCC1. The van der Waals surface area contributed by atoms with Crippen LogP contribution in [0.5, 0.6) is 0 Å². The number of nitrogens with two attached hydrogens (primary N) is 1. The van der Waals surface area contributed by atoms with E-state index in [0.29, 0.717) is 4.75 Å². The van der Waals surface area contributed by atoms with Crippen molar-refractivity contribution in [3.8, 4) is 0 Å². The molecule has 0 unspecified atom stereocenters. The zero-order valence-electron chi connectivity index (χ0n) is 7.97. The molecule has 0 aliphatic heterocycles. The highest BCUT2D eigenvalue weighted by atomic mass is 32.2. The van der Waals surface area contributed by atoms with Gasteiger partial charge in [0, 0.05) is 11.2 Å². The van der Waals surface area contributed by atoms with Crippen LogP contribution in [0.3, 0.4) is 0 Å². The molecule has 0 bridgehead atoms. The number of hydrogen-bond donors (Lipinski definition) is 1. The number of thioether (sulfide) groups is 1. The first-order valence-corrected chi connectivity index (χ1v) is 5.79. The molecule has 0 heterocycles. The average molecular weight is 186 g/mol. The van der Waals surface area contributed by atoms with E-state index in [2.05, 4.69) is 11.2 Å². The van der Waals surface area contributed by atoms with Crippen LogP contribution in [-0.2, 0) is 0 Å². The summed E-state index contributed by atoms with van der Waals surface area (Å²) in [5.41, 5.74) is 5.65. The lowest BCUT2D eigenvalue weighted by Gasteiger charge is -2.39. The van der Waals surface area contributed by atoms with Gasteiger partial charge in [-0.1, -0.05) is 13.3 Å². The lowest BCUT2D eigenvalue weighted by atomic mass is 9.84. The smallest absolute Gasteiger partial charge is 0.0934 e. The Hall–Kier alpha value is -0.180. The van der Waals surface area contributed by atoms with Crippen molar-refractivity contribution >= 4 is 17.6 Å². The summed E-state index contributed by atoms with van der Waals surface area (Å²) in [6, 6.07) is 0. The summed E-state index contributed by atoms with van der Waals surface area (Å²) in [7, 11) is 0. The summed E-state index contributed by atoms with van der Waals surface area (Å²) in [4.78, 5) is 4.38. The lowest BCUT2D eigenvalue weighted by molar-refractivity contribution is 0.372. The van der Waals surface area contributed by atoms with Crippen molar-refractivity contribution in [2.45, 2.75) is 37.4 Å². The van der Waals surface area contributed by atoms with Gasteiger partial charge in [-0.25, -0.2) is 0 Å². The Morgan fingerprint density at radius 3 is 2.58 bits per heavy atom. The van der Waals surface area contributed by atoms with Gasteiger partial charge in [0.25, 0.3) is 0 Å². The second kappa shape index (κ2) is 4.17. The van der Waals surface area contributed by atoms with Crippen LogP contribution in [0.4, 0.5) is 0 Å². The van der Waals surface area contributed by atoms with Crippen LogP contribution in [0.1, 0.15) is 32.6 Å². The predicted octanol–water partition coefficient (Wildman–Crippen LogP) is 2.04. The highest BCUT2D eigenvalue weighted by Crippen LogP contribution is 2.42. The molecule has 1 saturated carbocycles. The first kappa shape index (κ1) is 9.90. The second-order valence-corrected chi connectivity index (χ2v) is 4.68. The normalized spacial score (nSPS) is 22.0. The maximum absolute atomic E-state index is 5.65. The zero-order valence-corrected chi connectivity index (χ0v) is 8.78. The quantitative estimate of drug-likeness (QED) is 0.539. The molecule has 1 aliphatic carbocycles. The van der Waals surface area contributed by atoms with Crippen LogP contribution in [0.25, 0.3) is 0 Å². The molecule has 12 heavy (non-hydrogen) atoms. The van der Waals surface area contributed by atoms with Crippen LogP contribution < -0.4 is 5.73 Å². The highest BCUT2D eigenvalue weighted by Gasteiger charge is 2.35. The third kappa shape index (κ3) is 2.16. The van der Waals surface area contributed by atoms with Gasteiger partial charge in [0.05, 0.1) is 12.4 Å². The molecule has 1 aliphatic rings. The summed E-state index contributed by atoms with van der Waals surface area (Å²) >= 11 is 1.95. The van der Waals surface area contributed by atoms with Crippen molar-refractivity contribution < 1.29 is 0 Å². The van der Waals surface area contributed by atoms with E-state index in [1.54, 1.807) is 0 Å². The van der Waals surface area contributed by atoms with E-state index in [4.69, 9.17) is 5.73 Å². The topological polar surface area (TPSA) is 38.4 Å². The van der Waals surface area contributed by atoms with Crippen LogP contribution in [0.2, 0.25) is 0 Å². The fourth-order valence-corrected chi connectivity index (χ4v) is 2.25. The van der Waals surface area contributed by atoms with Crippen molar-refractivity contribution in [3.63, 3.8) is 0 Å². The van der Waals surface area contributed by atoms with Gasteiger partial charge >= 0.3 is 0 Å². The minimum Gasteiger partial charge on any atom is -0.387 e. The predicted molar refractivity (Wildman–Crippen MR) is 56.9 cm³/mol. The zero-order chi connectivity index (χ0) is 9.03. The average Bonchev–Trinajstić information content (AvgIpc) is 2.03. The molecule has 1 fully saturated rings. The van der Waals surface area contributed by atoms with Crippen LogP contribution in [-0.4, -0.2) is 23.4 Å². The maximum Gasteiger partial charge on any atom is 0.0934 e. The van der Waals surface area contributed by atoms with Crippen LogP contribution in [0.15, 0.2) is 4.99 Å². The lowest BCUT2D eigenvalue weighted by Crippen LogP contribution is -2.37. The Morgan fingerprint density at radius 1 is 1.58 bits per heavy atom. The van der Waals surface area contributed by atoms with Gasteiger partial charge < -0.3 is 5.73 Å². The van der Waals surface area contributed by atoms with Gasteiger partial charge in [-0.3, -0.25) is 4.99 Å². The number of hydrogen-bond acceptors (Lipinski definition) is 2. The van der Waals surface area contributed by atoms with Crippen LogP contribution >= 0.6 is 11.8 Å². The maximum atomic E-state index is 5.65. The van der Waals surface area contributed by atoms with E-state index in [9.17, 15) is 0 Å². The molecule has 0 radical (unpaired) electrons. The second-order valence-electron chi connectivity index (χ2n) is 3.40. The van der Waals surface area contributed by atoms with E-state index >= 15 is 0 Å². The molecule has 3 heteroatoms. The van der Waals surface area contributed by atoms with Gasteiger partial charge in [-0.15, -0.1) is 0 Å². The number of nitrogens with zero attached hydrogens (tertiary/aromatic N) is 1. The summed E-state index contributed by atoms with van der Waals surface area (Å²) < 4.78 is 0.444. The summed E-state index contributed by atoms with van der Waals surface area (Å²) in [6.07, 6.45) is 7.05. The van der Waals surface area contributed by atoms with E-state index < -0.39 is 0 Å². The molecule has 0 aromatic carbocycles. The molecule has 0 saturated heterocycles. The van der Waals surface area contributed by atoms with Crippen molar-refractivity contribution in [2.75, 3.05) is 12.8 Å². The molecular formula is C9H18N2S. The third-order valence-electron chi connectivity index (χ3n) is 2.63. The molecule has 2 nitrogen and oxygen atoms in total. The largest absolute Gasteiger partial charge is 0.387 e. The molecule has 0 aromatic heterocycles. The summed E-state index contributed by atoms with van der Waals surface area (Å²) in [5, 5.41) is 0. The highest BCUT2D eigenvalue weighted by molar-refractivity contribution is 8.00.